The second kappa shape index (κ2) is 7.98. The van der Waals surface area contributed by atoms with Crippen molar-refractivity contribution in [3.63, 3.8) is 0 Å². The number of amides is 4. The third-order valence-corrected chi connectivity index (χ3v) is 5.92. The van der Waals surface area contributed by atoms with E-state index in [1.807, 2.05) is 36.4 Å². The van der Waals surface area contributed by atoms with E-state index in [1.165, 1.54) is 0 Å². The molecule has 0 spiro atoms. The summed E-state index contributed by atoms with van der Waals surface area (Å²) < 4.78 is 0. The van der Waals surface area contributed by atoms with E-state index in [9.17, 15) is 19.2 Å². The number of benzene rings is 2. The molecular formula is C25H20N4O4. The van der Waals surface area contributed by atoms with E-state index in [0.717, 1.165) is 21.4 Å². The molecule has 2 aliphatic heterocycles. The third-order valence-electron chi connectivity index (χ3n) is 5.92. The van der Waals surface area contributed by atoms with Crippen LogP contribution in [0.1, 0.15) is 44.8 Å². The lowest BCUT2D eigenvalue weighted by Gasteiger charge is -2.27. The Morgan fingerprint density at radius 1 is 1.03 bits per heavy atom. The molecule has 3 aromatic rings. The van der Waals surface area contributed by atoms with E-state index in [-0.39, 0.29) is 24.0 Å². The highest BCUT2D eigenvalue weighted by molar-refractivity contribution is 6.23. The van der Waals surface area contributed by atoms with Crippen molar-refractivity contribution in [2.75, 3.05) is 0 Å². The van der Waals surface area contributed by atoms with Gasteiger partial charge in [0.25, 0.3) is 11.8 Å². The number of pyridine rings is 1. The lowest BCUT2D eigenvalue weighted by molar-refractivity contribution is -0.136. The second-order valence-corrected chi connectivity index (χ2v) is 8.05. The van der Waals surface area contributed by atoms with Crippen LogP contribution in [0.25, 0.3) is 16.6 Å². The van der Waals surface area contributed by atoms with Crippen molar-refractivity contribution in [3.8, 4) is 0 Å². The molecule has 1 unspecified atom stereocenters. The van der Waals surface area contributed by atoms with Crippen LogP contribution in [0.2, 0.25) is 0 Å². The Kier molecular flexibility index (Phi) is 4.97. The van der Waals surface area contributed by atoms with Gasteiger partial charge in [-0.15, -0.1) is 0 Å². The molecule has 5 rings (SSSR count). The SMILES string of the molecule is C=C(NCc1ccc2c(c1)C(=O)N(C1CCC(=O)NC1=O)C2=O)c1ccc2ccccc2n1. The summed E-state index contributed by atoms with van der Waals surface area (Å²) in [6.45, 7) is 4.43. The molecule has 0 bridgehead atoms. The van der Waals surface area contributed by atoms with Crippen molar-refractivity contribution in [1.29, 1.82) is 0 Å². The maximum Gasteiger partial charge on any atom is 0.262 e. The van der Waals surface area contributed by atoms with Gasteiger partial charge in [0.15, 0.2) is 0 Å². The summed E-state index contributed by atoms with van der Waals surface area (Å²) in [7, 11) is 0. The summed E-state index contributed by atoms with van der Waals surface area (Å²) in [5.74, 6) is -2.07. The van der Waals surface area contributed by atoms with Crippen LogP contribution in [-0.2, 0) is 16.1 Å². The molecule has 0 radical (unpaired) electrons. The first-order valence-corrected chi connectivity index (χ1v) is 10.6. The second-order valence-electron chi connectivity index (χ2n) is 8.05. The largest absolute Gasteiger partial charge is 0.380 e. The predicted octanol–water partition coefficient (Wildman–Crippen LogP) is 2.40. The minimum atomic E-state index is -0.976. The van der Waals surface area contributed by atoms with Crippen LogP contribution in [0.5, 0.6) is 0 Å². The number of imide groups is 2. The highest BCUT2D eigenvalue weighted by Gasteiger charge is 2.44. The maximum atomic E-state index is 13.0. The van der Waals surface area contributed by atoms with Crippen molar-refractivity contribution in [2.24, 2.45) is 0 Å². The first kappa shape index (κ1) is 20.6. The summed E-state index contributed by atoms with van der Waals surface area (Å²) in [6.07, 6.45) is 0.215. The molecule has 0 saturated carbocycles. The molecule has 164 valence electrons. The Labute approximate surface area is 189 Å². The zero-order valence-electron chi connectivity index (χ0n) is 17.6. The molecule has 2 aliphatic rings. The number of para-hydroxylation sites is 1. The van der Waals surface area contributed by atoms with Crippen molar-refractivity contribution in [2.45, 2.75) is 25.4 Å². The van der Waals surface area contributed by atoms with Gasteiger partial charge in [-0.2, -0.15) is 0 Å². The average Bonchev–Trinajstić information content (AvgIpc) is 3.07. The Bertz CT molecular complexity index is 1360. The Balaban J connectivity index is 1.31. The molecule has 8 nitrogen and oxygen atoms in total. The number of carbonyl (C=O) groups excluding carboxylic acids is 4. The van der Waals surface area contributed by atoms with E-state index in [2.05, 4.69) is 22.2 Å². The van der Waals surface area contributed by atoms with Gasteiger partial charge in [0.05, 0.1) is 28.0 Å². The number of aromatic nitrogens is 1. The normalized spacial score (nSPS) is 17.8. The van der Waals surface area contributed by atoms with Crippen molar-refractivity contribution >= 4 is 40.2 Å². The first-order valence-electron chi connectivity index (χ1n) is 10.6. The van der Waals surface area contributed by atoms with Gasteiger partial charge in [-0.25, -0.2) is 4.98 Å². The molecule has 2 aromatic carbocycles. The van der Waals surface area contributed by atoms with E-state index < -0.39 is 29.7 Å². The fraction of sp³-hybridized carbons (Fsp3) is 0.160. The molecule has 0 aliphatic carbocycles. The van der Waals surface area contributed by atoms with Gasteiger partial charge < -0.3 is 5.32 Å². The van der Waals surface area contributed by atoms with Gasteiger partial charge in [0.2, 0.25) is 11.8 Å². The standard InChI is InChI=1S/C25H20N4O4/c1-14(19-9-7-16-4-2-3-5-20(16)27-19)26-13-15-6-8-17-18(12-15)25(33)29(24(17)32)21-10-11-22(30)28-23(21)31/h2-9,12,21,26H,1,10-11,13H2,(H,28,30,31). The van der Waals surface area contributed by atoms with E-state index in [0.29, 0.717) is 17.9 Å². The topological polar surface area (TPSA) is 108 Å². The number of carbonyl (C=O) groups is 4. The predicted molar refractivity (Wildman–Crippen MR) is 121 cm³/mol. The maximum absolute atomic E-state index is 13.0. The molecule has 1 fully saturated rings. The molecular weight excluding hydrogens is 420 g/mol. The summed E-state index contributed by atoms with van der Waals surface area (Å²) >= 11 is 0. The van der Waals surface area contributed by atoms with E-state index >= 15 is 0 Å². The molecule has 8 heteroatoms. The zero-order valence-corrected chi connectivity index (χ0v) is 17.6. The van der Waals surface area contributed by atoms with Gasteiger partial charge in [-0.05, 0) is 36.2 Å². The van der Waals surface area contributed by atoms with Crippen molar-refractivity contribution in [3.05, 3.63) is 83.6 Å². The van der Waals surface area contributed by atoms with Crippen LogP contribution in [0.15, 0.2) is 61.2 Å². The number of piperidine rings is 1. The Hall–Kier alpha value is -4.33. The average molecular weight is 440 g/mol. The molecule has 2 N–H and O–H groups in total. The van der Waals surface area contributed by atoms with Crippen LogP contribution in [0.4, 0.5) is 0 Å². The fourth-order valence-electron chi connectivity index (χ4n) is 4.16. The van der Waals surface area contributed by atoms with Gasteiger partial charge >= 0.3 is 0 Å². The lowest BCUT2D eigenvalue weighted by atomic mass is 10.0. The number of nitrogens with zero attached hydrogens (tertiary/aromatic N) is 2. The molecule has 33 heavy (non-hydrogen) atoms. The minimum Gasteiger partial charge on any atom is -0.380 e. The number of hydrogen-bond donors (Lipinski definition) is 2. The number of rotatable bonds is 5. The van der Waals surface area contributed by atoms with Gasteiger partial charge in [0.1, 0.15) is 6.04 Å². The third kappa shape index (κ3) is 3.65. The van der Waals surface area contributed by atoms with Crippen LogP contribution in [0.3, 0.4) is 0 Å². The van der Waals surface area contributed by atoms with E-state index in [4.69, 9.17) is 0 Å². The molecule has 4 amide bonds. The summed E-state index contributed by atoms with van der Waals surface area (Å²) in [5.41, 5.74) is 3.50. The Morgan fingerprint density at radius 2 is 1.82 bits per heavy atom. The molecule has 1 atom stereocenters. The number of nitrogens with one attached hydrogen (secondary N) is 2. The van der Waals surface area contributed by atoms with Gasteiger partial charge in [0, 0.05) is 18.4 Å². The molecule has 1 saturated heterocycles. The summed E-state index contributed by atoms with van der Waals surface area (Å²) in [5, 5.41) is 6.45. The van der Waals surface area contributed by atoms with Crippen LogP contribution >= 0.6 is 0 Å². The van der Waals surface area contributed by atoms with Crippen molar-refractivity contribution < 1.29 is 19.2 Å². The van der Waals surface area contributed by atoms with E-state index in [1.54, 1.807) is 18.2 Å². The number of fused-ring (bicyclic) bond motifs is 2. The first-order chi connectivity index (χ1) is 15.9. The van der Waals surface area contributed by atoms with Crippen LogP contribution in [0, 0.1) is 0 Å². The van der Waals surface area contributed by atoms with Crippen LogP contribution < -0.4 is 10.6 Å². The lowest BCUT2D eigenvalue weighted by Crippen LogP contribution is -2.54. The minimum absolute atomic E-state index is 0.0872. The van der Waals surface area contributed by atoms with Crippen molar-refractivity contribution in [1.82, 2.24) is 20.5 Å². The molecule has 3 heterocycles. The van der Waals surface area contributed by atoms with Gasteiger partial charge in [-0.3, -0.25) is 29.4 Å². The van der Waals surface area contributed by atoms with Crippen LogP contribution in [-0.4, -0.2) is 39.6 Å². The summed E-state index contributed by atoms with van der Waals surface area (Å²) in [6, 6.07) is 15.7. The highest BCUT2D eigenvalue weighted by Crippen LogP contribution is 2.28. The monoisotopic (exact) mass is 440 g/mol. The zero-order chi connectivity index (χ0) is 23.1. The summed E-state index contributed by atoms with van der Waals surface area (Å²) in [4.78, 5) is 54.9. The Morgan fingerprint density at radius 3 is 2.64 bits per heavy atom. The fourth-order valence-corrected chi connectivity index (χ4v) is 4.16. The molecule has 1 aromatic heterocycles. The highest BCUT2D eigenvalue weighted by atomic mass is 16.2. The quantitative estimate of drug-likeness (QED) is 0.590. The number of hydrogen-bond acceptors (Lipinski definition) is 6. The smallest absolute Gasteiger partial charge is 0.262 e. The van der Waals surface area contributed by atoms with Gasteiger partial charge in [-0.1, -0.05) is 36.9 Å².